The number of carbonyl (C=O) groups excluding carboxylic acids is 1. The van der Waals surface area contributed by atoms with E-state index in [1.54, 1.807) is 19.1 Å². The molecule has 0 spiro atoms. The standard InChI is InChI=1S/C18H22FN3O4/c1-10(2)8-14(18(24)25)20-15(23)6-7-16-21-17(22-26-16)12-5-4-11(3)13(19)9-12/h4-5,9-10,14H,6-8H2,1-3H3,(H,20,23)(H,24,25). The lowest BCUT2D eigenvalue weighted by Crippen LogP contribution is -2.41. The Morgan fingerprint density at radius 1 is 1.35 bits per heavy atom. The van der Waals surface area contributed by atoms with Gasteiger partial charge < -0.3 is 14.9 Å². The molecule has 2 aromatic rings. The molecule has 0 aliphatic heterocycles. The number of hydrogen-bond donors (Lipinski definition) is 2. The molecule has 1 heterocycles. The minimum atomic E-state index is -1.06. The summed E-state index contributed by atoms with van der Waals surface area (Å²) >= 11 is 0. The molecule has 8 heteroatoms. The van der Waals surface area contributed by atoms with Crippen molar-refractivity contribution in [2.24, 2.45) is 5.92 Å². The number of rotatable bonds is 8. The van der Waals surface area contributed by atoms with Gasteiger partial charge in [-0.2, -0.15) is 4.98 Å². The van der Waals surface area contributed by atoms with Crippen molar-refractivity contribution >= 4 is 11.9 Å². The number of carboxylic acid groups (broad SMARTS) is 1. The van der Waals surface area contributed by atoms with Gasteiger partial charge in [-0.3, -0.25) is 4.79 Å². The predicted octanol–water partition coefficient (Wildman–Crippen LogP) is 2.73. The molecule has 1 aromatic heterocycles. The van der Waals surface area contributed by atoms with E-state index in [4.69, 9.17) is 9.63 Å². The highest BCUT2D eigenvalue weighted by Gasteiger charge is 2.21. The van der Waals surface area contributed by atoms with Gasteiger partial charge in [0.1, 0.15) is 11.9 Å². The van der Waals surface area contributed by atoms with Crippen LogP contribution in [0.5, 0.6) is 0 Å². The number of carbonyl (C=O) groups is 2. The van der Waals surface area contributed by atoms with E-state index >= 15 is 0 Å². The van der Waals surface area contributed by atoms with E-state index in [1.807, 2.05) is 13.8 Å². The molecule has 26 heavy (non-hydrogen) atoms. The first-order valence-electron chi connectivity index (χ1n) is 8.37. The van der Waals surface area contributed by atoms with Crippen molar-refractivity contribution in [3.05, 3.63) is 35.5 Å². The fraction of sp³-hybridized carbons (Fsp3) is 0.444. The molecule has 0 aliphatic rings. The molecule has 1 atom stereocenters. The number of hydrogen-bond acceptors (Lipinski definition) is 5. The molecule has 0 saturated heterocycles. The summed E-state index contributed by atoms with van der Waals surface area (Å²) in [7, 11) is 0. The second-order valence-corrected chi connectivity index (χ2v) is 6.56. The minimum absolute atomic E-state index is 0.0196. The third-order valence-corrected chi connectivity index (χ3v) is 3.80. The number of carboxylic acids is 1. The largest absolute Gasteiger partial charge is 0.480 e. The van der Waals surface area contributed by atoms with Crippen molar-refractivity contribution < 1.29 is 23.6 Å². The first-order chi connectivity index (χ1) is 12.3. The maximum atomic E-state index is 13.6. The average Bonchev–Trinajstić information content (AvgIpc) is 3.03. The molecule has 140 valence electrons. The Morgan fingerprint density at radius 2 is 2.08 bits per heavy atom. The fourth-order valence-electron chi connectivity index (χ4n) is 2.39. The van der Waals surface area contributed by atoms with Crippen molar-refractivity contribution in [1.29, 1.82) is 0 Å². The van der Waals surface area contributed by atoms with E-state index in [9.17, 15) is 14.0 Å². The Kier molecular flexibility index (Phi) is 6.43. The van der Waals surface area contributed by atoms with Crippen molar-refractivity contribution in [3.63, 3.8) is 0 Å². The summed E-state index contributed by atoms with van der Waals surface area (Å²) in [5, 5.41) is 15.4. The van der Waals surface area contributed by atoms with Crippen LogP contribution in [0.4, 0.5) is 4.39 Å². The maximum absolute atomic E-state index is 13.6. The molecule has 7 nitrogen and oxygen atoms in total. The quantitative estimate of drug-likeness (QED) is 0.747. The predicted molar refractivity (Wildman–Crippen MR) is 91.8 cm³/mol. The van der Waals surface area contributed by atoms with Gasteiger partial charge in [0.2, 0.25) is 17.6 Å². The first kappa shape index (κ1) is 19.6. The first-order valence-corrected chi connectivity index (χ1v) is 8.37. The van der Waals surface area contributed by atoms with Gasteiger partial charge in [-0.15, -0.1) is 0 Å². The number of nitrogens with zero attached hydrogens (tertiary/aromatic N) is 2. The van der Waals surface area contributed by atoms with Crippen LogP contribution >= 0.6 is 0 Å². The molecular weight excluding hydrogens is 341 g/mol. The van der Waals surface area contributed by atoms with E-state index in [2.05, 4.69) is 15.5 Å². The summed E-state index contributed by atoms with van der Waals surface area (Å²) in [6.07, 6.45) is 0.539. The van der Waals surface area contributed by atoms with Crippen LogP contribution in [0, 0.1) is 18.7 Å². The molecule has 2 rings (SSSR count). The highest BCUT2D eigenvalue weighted by Crippen LogP contribution is 2.19. The summed E-state index contributed by atoms with van der Waals surface area (Å²) in [5.74, 6) is -1.22. The van der Waals surface area contributed by atoms with E-state index in [0.717, 1.165) is 0 Å². The van der Waals surface area contributed by atoms with Crippen molar-refractivity contribution in [2.45, 2.75) is 46.1 Å². The second-order valence-electron chi connectivity index (χ2n) is 6.56. The third-order valence-electron chi connectivity index (χ3n) is 3.80. The molecule has 1 aromatic carbocycles. The van der Waals surface area contributed by atoms with Gasteiger partial charge >= 0.3 is 5.97 Å². The minimum Gasteiger partial charge on any atom is -0.480 e. The number of aromatic nitrogens is 2. The number of halogens is 1. The average molecular weight is 363 g/mol. The topological polar surface area (TPSA) is 105 Å². The van der Waals surface area contributed by atoms with Crippen molar-refractivity contribution in [1.82, 2.24) is 15.5 Å². The Hall–Kier alpha value is -2.77. The molecule has 0 fully saturated rings. The molecular formula is C18H22FN3O4. The summed E-state index contributed by atoms with van der Waals surface area (Å²) in [5.41, 5.74) is 0.999. The summed E-state index contributed by atoms with van der Waals surface area (Å²) in [4.78, 5) is 27.3. The van der Waals surface area contributed by atoms with Gasteiger partial charge in [-0.25, -0.2) is 9.18 Å². The highest BCUT2D eigenvalue weighted by atomic mass is 19.1. The van der Waals surface area contributed by atoms with Crippen LogP contribution in [-0.4, -0.2) is 33.2 Å². The molecule has 0 radical (unpaired) electrons. The van der Waals surface area contributed by atoms with Crippen molar-refractivity contribution in [3.8, 4) is 11.4 Å². The zero-order valence-electron chi connectivity index (χ0n) is 15.0. The van der Waals surface area contributed by atoms with Gasteiger partial charge in [0.05, 0.1) is 0 Å². The maximum Gasteiger partial charge on any atom is 0.326 e. The number of aryl methyl sites for hydroxylation is 2. The summed E-state index contributed by atoms with van der Waals surface area (Å²) in [6.45, 7) is 5.43. The fourth-order valence-corrected chi connectivity index (χ4v) is 2.39. The monoisotopic (exact) mass is 363 g/mol. The zero-order valence-corrected chi connectivity index (χ0v) is 15.0. The normalized spacial score (nSPS) is 12.2. The SMILES string of the molecule is Cc1ccc(-c2noc(CCC(=O)NC(CC(C)C)C(=O)O)n2)cc1F. The van der Waals surface area contributed by atoms with E-state index in [1.165, 1.54) is 6.07 Å². The smallest absolute Gasteiger partial charge is 0.326 e. The Balaban J connectivity index is 1.93. The van der Waals surface area contributed by atoms with Gasteiger partial charge in [0.15, 0.2) is 0 Å². The van der Waals surface area contributed by atoms with Crippen LogP contribution < -0.4 is 5.32 Å². The van der Waals surface area contributed by atoms with Gasteiger partial charge in [0, 0.05) is 18.4 Å². The van der Waals surface area contributed by atoms with Gasteiger partial charge in [-0.1, -0.05) is 31.1 Å². The third kappa shape index (κ3) is 5.37. The van der Waals surface area contributed by atoms with Crippen LogP contribution in [0.15, 0.2) is 22.7 Å². The summed E-state index contributed by atoms with van der Waals surface area (Å²) in [6, 6.07) is 3.70. The van der Waals surface area contributed by atoms with Crippen LogP contribution in [-0.2, 0) is 16.0 Å². The van der Waals surface area contributed by atoms with E-state index in [-0.39, 0.29) is 36.3 Å². The molecule has 0 bridgehead atoms. The molecule has 1 unspecified atom stereocenters. The lowest BCUT2D eigenvalue weighted by atomic mass is 10.0. The van der Waals surface area contributed by atoms with E-state index in [0.29, 0.717) is 17.5 Å². The van der Waals surface area contributed by atoms with Crippen LogP contribution in [0.3, 0.4) is 0 Å². The van der Waals surface area contributed by atoms with Crippen LogP contribution in [0.25, 0.3) is 11.4 Å². The van der Waals surface area contributed by atoms with E-state index < -0.39 is 17.9 Å². The van der Waals surface area contributed by atoms with Gasteiger partial charge in [-0.05, 0) is 30.9 Å². The molecule has 0 aliphatic carbocycles. The molecule has 1 amide bonds. The Bertz CT molecular complexity index is 788. The molecule has 0 saturated carbocycles. The lowest BCUT2D eigenvalue weighted by molar-refractivity contribution is -0.142. The van der Waals surface area contributed by atoms with Gasteiger partial charge in [0.25, 0.3) is 0 Å². The second kappa shape index (κ2) is 8.55. The zero-order chi connectivity index (χ0) is 19.3. The Labute approximate surface area is 150 Å². The number of aliphatic carboxylic acids is 1. The number of amides is 1. The van der Waals surface area contributed by atoms with Crippen LogP contribution in [0.2, 0.25) is 0 Å². The number of benzene rings is 1. The molecule has 2 N–H and O–H groups in total. The highest BCUT2D eigenvalue weighted by molar-refractivity contribution is 5.83. The lowest BCUT2D eigenvalue weighted by Gasteiger charge is -2.16. The van der Waals surface area contributed by atoms with Crippen molar-refractivity contribution in [2.75, 3.05) is 0 Å². The Morgan fingerprint density at radius 3 is 2.69 bits per heavy atom. The number of nitrogens with one attached hydrogen (secondary N) is 1. The van der Waals surface area contributed by atoms with Crippen LogP contribution in [0.1, 0.15) is 38.1 Å². The summed E-state index contributed by atoms with van der Waals surface area (Å²) < 4.78 is 18.7.